The van der Waals surface area contributed by atoms with Crippen LogP contribution in [-0.4, -0.2) is 73.1 Å². The highest BCUT2D eigenvalue weighted by Gasteiger charge is 2.50. The first-order valence-corrected chi connectivity index (χ1v) is 10.6. The minimum absolute atomic E-state index is 0.115. The Morgan fingerprint density at radius 1 is 1.26 bits per heavy atom. The lowest BCUT2D eigenvalue weighted by Gasteiger charge is -2.39. The van der Waals surface area contributed by atoms with E-state index in [1.165, 1.54) is 19.4 Å². The second-order valence-corrected chi connectivity index (χ2v) is 8.48. The van der Waals surface area contributed by atoms with Crippen LogP contribution in [0.1, 0.15) is 52.9 Å². The van der Waals surface area contributed by atoms with Crippen molar-refractivity contribution >= 4 is 11.9 Å². The number of piperidine rings is 2. The number of ether oxygens (including phenoxy) is 1. The van der Waals surface area contributed by atoms with Gasteiger partial charge in [-0.05, 0) is 51.7 Å². The summed E-state index contributed by atoms with van der Waals surface area (Å²) in [6.07, 6.45) is 4.95. The molecular weight excluding hydrogens is 342 g/mol. The number of hydrogen-bond acceptors (Lipinski definition) is 5. The number of likely N-dealkylation sites (tertiary alicyclic amines) is 2. The van der Waals surface area contributed by atoms with Gasteiger partial charge in [0.25, 0.3) is 5.91 Å². The molecule has 1 amide bonds. The average Bonchev–Trinajstić information content (AvgIpc) is 2.89. The van der Waals surface area contributed by atoms with Crippen molar-refractivity contribution in [1.82, 2.24) is 15.1 Å². The predicted molar refractivity (Wildman–Crippen MR) is 105 cm³/mol. The number of esters is 1. The molecule has 0 aliphatic carbocycles. The van der Waals surface area contributed by atoms with E-state index in [2.05, 4.69) is 29.0 Å². The van der Waals surface area contributed by atoms with Gasteiger partial charge in [-0.15, -0.1) is 0 Å². The Bertz CT molecular complexity index is 593. The molecule has 3 aliphatic heterocycles. The third-order valence-corrected chi connectivity index (χ3v) is 6.44. The van der Waals surface area contributed by atoms with E-state index in [1.54, 1.807) is 6.92 Å². The molecular formula is C21H35N3O3. The highest BCUT2D eigenvalue weighted by atomic mass is 16.6. The molecule has 0 aromatic carbocycles. The van der Waals surface area contributed by atoms with Crippen LogP contribution >= 0.6 is 0 Å². The van der Waals surface area contributed by atoms with E-state index in [0.717, 1.165) is 45.1 Å². The zero-order chi connectivity index (χ0) is 19.4. The second-order valence-electron chi connectivity index (χ2n) is 8.48. The van der Waals surface area contributed by atoms with Crippen molar-refractivity contribution in [2.24, 2.45) is 5.92 Å². The minimum Gasteiger partial charge on any atom is -0.450 e. The molecule has 0 saturated carbocycles. The fraction of sp³-hybridized carbons (Fsp3) is 0.810. The number of rotatable bonds is 6. The lowest BCUT2D eigenvalue weighted by Crippen LogP contribution is -2.48. The molecule has 1 spiro atoms. The molecule has 3 heterocycles. The van der Waals surface area contributed by atoms with Crippen molar-refractivity contribution < 1.29 is 14.3 Å². The van der Waals surface area contributed by atoms with E-state index in [9.17, 15) is 9.59 Å². The summed E-state index contributed by atoms with van der Waals surface area (Å²) in [4.78, 5) is 29.9. The van der Waals surface area contributed by atoms with Crippen molar-refractivity contribution in [1.29, 1.82) is 0 Å². The maximum atomic E-state index is 12.9. The van der Waals surface area contributed by atoms with Gasteiger partial charge in [0, 0.05) is 44.6 Å². The third kappa shape index (κ3) is 4.54. The Morgan fingerprint density at radius 3 is 2.67 bits per heavy atom. The molecule has 6 heteroatoms. The molecule has 1 N–H and O–H groups in total. The molecule has 0 unspecified atom stereocenters. The number of nitrogens with zero attached hydrogens (tertiary/aromatic N) is 2. The van der Waals surface area contributed by atoms with Gasteiger partial charge in [0.1, 0.15) is 5.60 Å². The first-order chi connectivity index (χ1) is 12.9. The van der Waals surface area contributed by atoms with Crippen LogP contribution in [0.25, 0.3) is 0 Å². The van der Waals surface area contributed by atoms with Crippen molar-refractivity contribution in [3.63, 3.8) is 0 Å². The van der Waals surface area contributed by atoms with Crippen molar-refractivity contribution in [3.05, 3.63) is 11.1 Å². The smallest absolute Gasteiger partial charge is 0.335 e. The Balaban J connectivity index is 1.53. The van der Waals surface area contributed by atoms with Gasteiger partial charge in [-0.2, -0.15) is 0 Å². The largest absolute Gasteiger partial charge is 0.450 e. The van der Waals surface area contributed by atoms with Crippen LogP contribution in [0.3, 0.4) is 0 Å². The van der Waals surface area contributed by atoms with Gasteiger partial charge < -0.3 is 19.9 Å². The summed E-state index contributed by atoms with van der Waals surface area (Å²) in [7, 11) is 0. The van der Waals surface area contributed by atoms with Crippen LogP contribution < -0.4 is 5.32 Å². The quantitative estimate of drug-likeness (QED) is 0.566. The molecule has 152 valence electrons. The summed E-state index contributed by atoms with van der Waals surface area (Å²) in [5.41, 5.74) is 0.358. The van der Waals surface area contributed by atoms with Gasteiger partial charge in [0.2, 0.25) is 0 Å². The molecule has 3 rings (SSSR count). The summed E-state index contributed by atoms with van der Waals surface area (Å²) in [5.74, 6) is 0.333. The summed E-state index contributed by atoms with van der Waals surface area (Å²) in [6.45, 7) is 12.9. The summed E-state index contributed by atoms with van der Waals surface area (Å²) in [6, 6.07) is 0. The molecule has 0 aromatic heterocycles. The molecule has 1 atom stereocenters. The molecule has 0 radical (unpaired) electrons. The van der Waals surface area contributed by atoms with Gasteiger partial charge in [-0.25, -0.2) is 4.79 Å². The zero-order valence-electron chi connectivity index (χ0n) is 17.2. The number of hydrogen-bond donors (Lipinski definition) is 1. The van der Waals surface area contributed by atoms with Crippen LogP contribution in [0.2, 0.25) is 0 Å². The molecule has 2 saturated heterocycles. The minimum atomic E-state index is -0.709. The molecule has 0 aromatic rings. The maximum Gasteiger partial charge on any atom is 0.335 e. The Labute approximate surface area is 163 Å². The zero-order valence-corrected chi connectivity index (χ0v) is 17.2. The topological polar surface area (TPSA) is 61.9 Å². The Kier molecular flexibility index (Phi) is 6.58. The number of carbonyl (C=O) groups excluding carboxylic acids is 2. The fourth-order valence-corrected chi connectivity index (χ4v) is 4.79. The normalized spacial score (nSPS) is 26.5. The van der Waals surface area contributed by atoms with E-state index in [1.807, 2.05) is 0 Å². The SMILES string of the molecule is CCN1CCC2(CC1)OC(=O)C(C)=C2C(=O)NCCCN1CCC[C@@H](C)C1. The fourth-order valence-electron chi connectivity index (χ4n) is 4.79. The highest BCUT2D eigenvalue weighted by molar-refractivity contribution is 6.07. The average molecular weight is 378 g/mol. The summed E-state index contributed by atoms with van der Waals surface area (Å²) < 4.78 is 5.73. The van der Waals surface area contributed by atoms with Crippen LogP contribution in [0.4, 0.5) is 0 Å². The first-order valence-electron chi connectivity index (χ1n) is 10.6. The van der Waals surface area contributed by atoms with Gasteiger partial charge in [-0.3, -0.25) is 4.79 Å². The van der Waals surface area contributed by atoms with Gasteiger partial charge >= 0.3 is 5.97 Å². The van der Waals surface area contributed by atoms with Gasteiger partial charge in [-0.1, -0.05) is 13.8 Å². The van der Waals surface area contributed by atoms with E-state index < -0.39 is 5.60 Å². The maximum absolute atomic E-state index is 12.9. The van der Waals surface area contributed by atoms with Crippen molar-refractivity contribution in [2.45, 2.75) is 58.5 Å². The van der Waals surface area contributed by atoms with Crippen molar-refractivity contribution in [3.8, 4) is 0 Å². The van der Waals surface area contributed by atoms with Crippen LogP contribution in [0, 0.1) is 5.92 Å². The Morgan fingerprint density at radius 2 is 2.00 bits per heavy atom. The molecule has 3 aliphatic rings. The standard InChI is InChI=1S/C21H35N3O3/c1-4-23-13-8-21(9-14-23)18(17(3)20(26)27-21)19(25)22-10-6-12-24-11-5-7-16(2)15-24/h16H,4-15H2,1-3H3,(H,22,25)/t16-/m1/s1. The van der Waals surface area contributed by atoms with E-state index in [4.69, 9.17) is 4.74 Å². The summed E-state index contributed by atoms with van der Waals surface area (Å²) in [5, 5.41) is 3.05. The highest BCUT2D eigenvalue weighted by Crippen LogP contribution is 2.40. The first kappa shape index (κ1) is 20.3. The van der Waals surface area contributed by atoms with Crippen LogP contribution in [0.5, 0.6) is 0 Å². The monoisotopic (exact) mass is 377 g/mol. The molecule has 6 nitrogen and oxygen atoms in total. The molecule has 27 heavy (non-hydrogen) atoms. The van der Waals surface area contributed by atoms with Gasteiger partial charge in [0.15, 0.2) is 0 Å². The van der Waals surface area contributed by atoms with Gasteiger partial charge in [0.05, 0.1) is 5.57 Å². The third-order valence-electron chi connectivity index (χ3n) is 6.44. The van der Waals surface area contributed by atoms with Crippen LogP contribution in [-0.2, 0) is 14.3 Å². The predicted octanol–water partition coefficient (Wildman–Crippen LogP) is 1.95. The lowest BCUT2D eigenvalue weighted by molar-refractivity contribution is -0.150. The van der Waals surface area contributed by atoms with E-state index in [0.29, 0.717) is 30.5 Å². The second kappa shape index (κ2) is 8.74. The summed E-state index contributed by atoms with van der Waals surface area (Å²) >= 11 is 0. The van der Waals surface area contributed by atoms with E-state index in [-0.39, 0.29) is 11.9 Å². The van der Waals surface area contributed by atoms with Crippen LogP contribution in [0.15, 0.2) is 11.1 Å². The number of carbonyl (C=O) groups is 2. The molecule has 0 bridgehead atoms. The van der Waals surface area contributed by atoms with E-state index >= 15 is 0 Å². The molecule has 2 fully saturated rings. The lowest BCUT2D eigenvalue weighted by atomic mass is 9.82. The number of nitrogens with one attached hydrogen (secondary N) is 1. The Hall–Kier alpha value is -1.40. The number of amides is 1. The van der Waals surface area contributed by atoms with Crippen molar-refractivity contribution in [2.75, 3.05) is 45.8 Å².